The van der Waals surface area contributed by atoms with E-state index in [0.29, 0.717) is 57.9 Å². The lowest BCUT2D eigenvalue weighted by molar-refractivity contribution is -0.159. The Morgan fingerprint density at radius 1 is 1.12 bits per heavy atom. The summed E-state index contributed by atoms with van der Waals surface area (Å²) in [5.41, 5.74) is -0.395. The molecule has 2 aliphatic heterocycles. The average Bonchev–Trinajstić information content (AvgIpc) is 3.67. The van der Waals surface area contributed by atoms with Crippen molar-refractivity contribution >= 4 is 23.7 Å². The fourth-order valence-electron chi connectivity index (χ4n) is 5.69. The second-order valence-electron chi connectivity index (χ2n) is 9.75. The highest BCUT2D eigenvalue weighted by Gasteiger charge is 2.62. The fraction of sp³-hybridized carbons (Fsp3) is 0.760. The van der Waals surface area contributed by atoms with Gasteiger partial charge in [-0.25, -0.2) is 0 Å². The van der Waals surface area contributed by atoms with Crippen LogP contribution in [0.4, 0.5) is 0 Å². The first-order valence-electron chi connectivity index (χ1n) is 12.7. The number of nitrogens with zero attached hydrogens (tertiary/aromatic N) is 3. The molecule has 3 fully saturated rings. The van der Waals surface area contributed by atoms with Crippen molar-refractivity contribution in [3.05, 3.63) is 11.8 Å². The highest BCUT2D eigenvalue weighted by molar-refractivity contribution is 5.99. The molecule has 0 radical (unpaired) electrons. The zero-order valence-corrected chi connectivity index (χ0v) is 20.4. The number of hydrogen-bond acceptors (Lipinski definition) is 6. The van der Waals surface area contributed by atoms with Crippen LogP contribution in [0.2, 0.25) is 0 Å². The molecule has 0 aromatic rings. The van der Waals surface area contributed by atoms with Gasteiger partial charge < -0.3 is 24.2 Å². The fourth-order valence-corrected chi connectivity index (χ4v) is 5.69. The third kappa shape index (κ3) is 4.59. The van der Waals surface area contributed by atoms with Gasteiger partial charge >= 0.3 is 5.97 Å². The maximum Gasteiger partial charge on any atom is 0.318 e. The maximum atomic E-state index is 13.6. The Balaban J connectivity index is 1.51. The number of methoxy groups -OCH3 is 1. The minimum Gasteiger partial charge on any atom is -0.465 e. The molecular formula is C25H37N3O6. The number of amides is 3. The molecule has 0 N–H and O–H groups in total. The Morgan fingerprint density at radius 3 is 2.47 bits per heavy atom. The average molecular weight is 476 g/mol. The summed E-state index contributed by atoms with van der Waals surface area (Å²) in [6, 6.07) is 0. The summed E-state index contributed by atoms with van der Waals surface area (Å²) in [7, 11) is 1.62. The predicted octanol–water partition coefficient (Wildman–Crippen LogP) is 1.57. The number of carbonyl (C=O) groups excluding carboxylic acids is 4. The lowest BCUT2D eigenvalue weighted by Crippen LogP contribution is -2.52. The molecule has 9 nitrogen and oxygen atoms in total. The summed E-state index contributed by atoms with van der Waals surface area (Å²) >= 11 is 0. The van der Waals surface area contributed by atoms with Crippen LogP contribution in [0.25, 0.3) is 0 Å². The molecule has 2 aliphatic carbocycles. The number of hydrogen-bond donors (Lipinski definition) is 0. The Kier molecular flexibility index (Phi) is 7.60. The Bertz CT molecular complexity index is 846. The van der Waals surface area contributed by atoms with Crippen molar-refractivity contribution in [2.24, 2.45) is 17.3 Å². The van der Waals surface area contributed by atoms with Crippen LogP contribution in [0, 0.1) is 17.3 Å². The molecule has 0 bridgehead atoms. The molecule has 2 saturated heterocycles. The van der Waals surface area contributed by atoms with E-state index < -0.39 is 17.3 Å². The van der Waals surface area contributed by atoms with Gasteiger partial charge in [-0.05, 0) is 45.4 Å². The predicted molar refractivity (Wildman–Crippen MR) is 123 cm³/mol. The van der Waals surface area contributed by atoms with Crippen molar-refractivity contribution in [1.82, 2.24) is 14.7 Å². The molecule has 1 saturated carbocycles. The second-order valence-corrected chi connectivity index (χ2v) is 9.75. The van der Waals surface area contributed by atoms with Gasteiger partial charge in [-0.1, -0.05) is 6.08 Å². The zero-order valence-electron chi connectivity index (χ0n) is 20.4. The smallest absolute Gasteiger partial charge is 0.318 e. The maximum absolute atomic E-state index is 13.6. The second kappa shape index (κ2) is 10.5. The van der Waals surface area contributed by atoms with Crippen LogP contribution in [0.5, 0.6) is 0 Å². The van der Waals surface area contributed by atoms with E-state index in [2.05, 4.69) is 0 Å². The van der Waals surface area contributed by atoms with Crippen LogP contribution in [0.15, 0.2) is 11.8 Å². The molecule has 4 aliphatic rings. The minimum atomic E-state index is -1.10. The van der Waals surface area contributed by atoms with Gasteiger partial charge in [0.2, 0.25) is 17.7 Å². The lowest BCUT2D eigenvalue weighted by Gasteiger charge is -2.37. The summed E-state index contributed by atoms with van der Waals surface area (Å²) in [5, 5.41) is 0. The standard InChI is InChI=1S/C25H37N3O6/c1-3-34-24(32)25-10-5-4-7-20(25)28(11-6-16-33-2)23(31)19(25)17-21(29)26-12-14-27(15-13-26)22(30)18-8-9-18/h7,18-19H,3-6,8-17H2,1-2H3/t19-,25-/m0/s1. The van der Waals surface area contributed by atoms with Crippen molar-refractivity contribution < 1.29 is 28.7 Å². The molecule has 3 amide bonds. The van der Waals surface area contributed by atoms with E-state index in [9.17, 15) is 19.2 Å². The number of rotatable bonds is 9. The van der Waals surface area contributed by atoms with Crippen LogP contribution in [0.1, 0.15) is 51.9 Å². The summed E-state index contributed by atoms with van der Waals surface area (Å²) in [4.78, 5) is 58.0. The van der Waals surface area contributed by atoms with Gasteiger partial charge in [-0.2, -0.15) is 0 Å². The molecule has 2 heterocycles. The van der Waals surface area contributed by atoms with Gasteiger partial charge in [-0.15, -0.1) is 0 Å². The van der Waals surface area contributed by atoms with Gasteiger partial charge in [0.05, 0.1) is 12.5 Å². The summed E-state index contributed by atoms with van der Waals surface area (Å²) in [6.07, 6.45) is 6.62. The van der Waals surface area contributed by atoms with E-state index in [4.69, 9.17) is 9.47 Å². The number of allylic oxidation sites excluding steroid dienone is 1. The molecule has 4 rings (SSSR count). The third-order valence-electron chi connectivity index (χ3n) is 7.64. The van der Waals surface area contributed by atoms with Crippen LogP contribution in [-0.4, -0.2) is 91.4 Å². The van der Waals surface area contributed by atoms with Gasteiger partial charge in [0.15, 0.2) is 0 Å². The summed E-state index contributed by atoms with van der Waals surface area (Å²) in [6.45, 7) is 4.92. The van der Waals surface area contributed by atoms with E-state index in [-0.39, 0.29) is 36.7 Å². The number of ether oxygens (including phenoxy) is 2. The molecular weight excluding hydrogens is 438 g/mol. The topological polar surface area (TPSA) is 96.5 Å². The molecule has 0 unspecified atom stereocenters. The van der Waals surface area contributed by atoms with Crippen LogP contribution in [-0.2, 0) is 28.7 Å². The van der Waals surface area contributed by atoms with Gasteiger partial charge in [0, 0.05) is 64.5 Å². The summed E-state index contributed by atoms with van der Waals surface area (Å²) < 4.78 is 10.6. The lowest BCUT2D eigenvalue weighted by atomic mass is 9.68. The minimum absolute atomic E-state index is 0.0215. The van der Waals surface area contributed by atoms with Crippen molar-refractivity contribution in [3.8, 4) is 0 Å². The first-order valence-corrected chi connectivity index (χ1v) is 12.7. The Hall–Kier alpha value is -2.42. The molecule has 188 valence electrons. The number of esters is 1. The van der Waals surface area contributed by atoms with Crippen molar-refractivity contribution in [1.29, 1.82) is 0 Å². The molecule has 0 aromatic carbocycles. The van der Waals surface area contributed by atoms with Crippen molar-refractivity contribution in [2.45, 2.75) is 51.9 Å². The number of fused-ring (bicyclic) bond motifs is 1. The van der Waals surface area contributed by atoms with Crippen LogP contribution < -0.4 is 0 Å². The number of likely N-dealkylation sites (tertiary alicyclic amines) is 1. The number of piperazine rings is 1. The molecule has 34 heavy (non-hydrogen) atoms. The van der Waals surface area contributed by atoms with Gasteiger partial charge in [0.1, 0.15) is 5.41 Å². The van der Waals surface area contributed by atoms with Gasteiger partial charge in [0.25, 0.3) is 0 Å². The molecule has 0 spiro atoms. The zero-order chi connectivity index (χ0) is 24.3. The quantitative estimate of drug-likeness (QED) is 0.371. The monoisotopic (exact) mass is 475 g/mol. The van der Waals surface area contributed by atoms with Crippen LogP contribution >= 0.6 is 0 Å². The molecule has 2 atom stereocenters. The van der Waals surface area contributed by atoms with E-state index >= 15 is 0 Å². The van der Waals surface area contributed by atoms with E-state index in [1.54, 1.807) is 23.8 Å². The Morgan fingerprint density at radius 2 is 1.82 bits per heavy atom. The highest BCUT2D eigenvalue weighted by atomic mass is 16.5. The molecule has 9 heteroatoms. The molecule has 0 aromatic heterocycles. The normalized spacial score (nSPS) is 26.9. The highest BCUT2D eigenvalue weighted by Crippen LogP contribution is 2.53. The van der Waals surface area contributed by atoms with Crippen LogP contribution in [0.3, 0.4) is 0 Å². The number of carbonyl (C=O) groups is 4. The summed E-state index contributed by atoms with van der Waals surface area (Å²) in [5.74, 6) is -1.11. The largest absolute Gasteiger partial charge is 0.465 e. The van der Waals surface area contributed by atoms with E-state index in [1.807, 2.05) is 11.0 Å². The van der Waals surface area contributed by atoms with E-state index in [1.165, 1.54) is 0 Å². The van der Waals surface area contributed by atoms with Crippen molar-refractivity contribution in [3.63, 3.8) is 0 Å². The van der Waals surface area contributed by atoms with Gasteiger partial charge in [-0.3, -0.25) is 19.2 Å². The first-order chi connectivity index (χ1) is 16.4. The Labute approximate surface area is 201 Å². The third-order valence-corrected chi connectivity index (χ3v) is 7.64. The SMILES string of the molecule is CCOC(=O)[C@]12CCCC=C1N(CCCOC)C(=O)[C@@H]2CC(=O)N1CCN(C(=O)C2CC2)CC1. The van der Waals surface area contributed by atoms with Crippen molar-refractivity contribution in [2.75, 3.05) is 53.0 Å². The van der Waals surface area contributed by atoms with E-state index in [0.717, 1.165) is 25.7 Å². The first kappa shape index (κ1) is 24.7.